The Kier molecular flexibility index (Phi) is 4.80. The highest BCUT2D eigenvalue weighted by Crippen LogP contribution is 2.19. The first-order valence-electron chi connectivity index (χ1n) is 6.61. The fourth-order valence-electron chi connectivity index (χ4n) is 1.85. The summed E-state index contributed by atoms with van der Waals surface area (Å²) in [5, 5.41) is 11.9. The van der Waals surface area contributed by atoms with Crippen LogP contribution in [0.15, 0.2) is 36.5 Å². The Labute approximate surface area is 133 Å². The van der Waals surface area contributed by atoms with Crippen molar-refractivity contribution in [2.75, 3.05) is 22.9 Å². The molecule has 0 radical (unpaired) electrons. The van der Waals surface area contributed by atoms with E-state index in [4.69, 9.17) is 5.11 Å². The first-order valence-corrected chi connectivity index (χ1v) is 8.46. The van der Waals surface area contributed by atoms with E-state index >= 15 is 0 Å². The molecule has 2 rings (SSSR count). The summed E-state index contributed by atoms with van der Waals surface area (Å²) < 4.78 is 24.4. The molecule has 2 aromatic heterocycles. The van der Waals surface area contributed by atoms with Gasteiger partial charge >= 0.3 is 5.97 Å². The zero-order valence-electron chi connectivity index (χ0n) is 12.6. The summed E-state index contributed by atoms with van der Waals surface area (Å²) in [5.74, 6) is -0.439. The van der Waals surface area contributed by atoms with Gasteiger partial charge in [-0.2, -0.15) is 0 Å². The molecule has 0 atom stereocenters. The van der Waals surface area contributed by atoms with Crippen molar-refractivity contribution in [2.45, 2.75) is 6.54 Å². The normalized spacial score (nSPS) is 11.0. The van der Waals surface area contributed by atoms with Gasteiger partial charge in [0.2, 0.25) is 10.0 Å². The molecule has 0 unspecified atom stereocenters. The van der Waals surface area contributed by atoms with E-state index in [1.54, 1.807) is 24.3 Å². The molecule has 2 N–H and O–H groups in total. The molecule has 0 aliphatic carbocycles. The van der Waals surface area contributed by atoms with E-state index < -0.39 is 16.0 Å². The molecule has 0 spiro atoms. The second kappa shape index (κ2) is 6.61. The first-order chi connectivity index (χ1) is 10.8. The van der Waals surface area contributed by atoms with Crippen LogP contribution >= 0.6 is 0 Å². The van der Waals surface area contributed by atoms with Crippen LogP contribution in [0.25, 0.3) is 0 Å². The van der Waals surface area contributed by atoms with Crippen molar-refractivity contribution in [2.24, 2.45) is 0 Å². The lowest BCUT2D eigenvalue weighted by atomic mass is 10.2. The number of aromatic nitrogens is 2. The molecule has 23 heavy (non-hydrogen) atoms. The zero-order chi connectivity index (χ0) is 17.0. The summed E-state index contributed by atoms with van der Waals surface area (Å²) in [4.78, 5) is 19.0. The van der Waals surface area contributed by atoms with Crippen LogP contribution in [0.4, 0.5) is 11.6 Å². The van der Waals surface area contributed by atoms with E-state index in [0.717, 1.165) is 10.6 Å². The fraction of sp³-hybridized carbons (Fsp3) is 0.214. The van der Waals surface area contributed by atoms with Gasteiger partial charge in [0, 0.05) is 25.4 Å². The molecule has 0 saturated heterocycles. The molecule has 0 aliphatic heterocycles. The lowest BCUT2D eigenvalue weighted by Crippen LogP contribution is -2.27. The molecule has 0 fully saturated rings. The molecule has 0 saturated carbocycles. The molecule has 0 bridgehead atoms. The zero-order valence-corrected chi connectivity index (χ0v) is 13.4. The Bertz CT molecular complexity index is 823. The van der Waals surface area contributed by atoms with Gasteiger partial charge in [-0.05, 0) is 18.2 Å². The smallest absolute Gasteiger partial charge is 0.354 e. The summed E-state index contributed by atoms with van der Waals surface area (Å²) in [5.41, 5.74) is 0.567. The highest BCUT2D eigenvalue weighted by molar-refractivity contribution is 7.92. The van der Waals surface area contributed by atoms with Gasteiger partial charge in [0.05, 0.1) is 6.26 Å². The third-order valence-corrected chi connectivity index (χ3v) is 4.26. The van der Waals surface area contributed by atoms with Crippen LogP contribution in [0.2, 0.25) is 0 Å². The van der Waals surface area contributed by atoms with Crippen molar-refractivity contribution < 1.29 is 18.3 Å². The van der Waals surface area contributed by atoms with Gasteiger partial charge in [0.15, 0.2) is 5.69 Å². The topological polar surface area (TPSA) is 112 Å². The SMILES string of the molecule is CN(c1ncccc1CNc1cccc(C(=O)O)n1)S(C)(=O)=O. The van der Waals surface area contributed by atoms with Crippen molar-refractivity contribution in [3.05, 3.63) is 47.8 Å². The quantitative estimate of drug-likeness (QED) is 0.814. The number of hydrogen-bond donors (Lipinski definition) is 2. The standard InChI is InChI=1S/C14H16N4O4S/c1-18(23(2,21)22)13-10(5-4-8-15-13)9-16-12-7-3-6-11(17-12)14(19)20/h3-8H,9H2,1-2H3,(H,16,17)(H,19,20). The van der Waals surface area contributed by atoms with Gasteiger partial charge in [-0.3, -0.25) is 4.31 Å². The molecule has 0 amide bonds. The van der Waals surface area contributed by atoms with Crippen molar-refractivity contribution >= 4 is 27.6 Å². The van der Waals surface area contributed by atoms with Crippen LogP contribution in [-0.4, -0.2) is 42.8 Å². The van der Waals surface area contributed by atoms with Crippen molar-refractivity contribution in [3.8, 4) is 0 Å². The molecular weight excluding hydrogens is 320 g/mol. The van der Waals surface area contributed by atoms with Gasteiger partial charge in [-0.1, -0.05) is 12.1 Å². The van der Waals surface area contributed by atoms with Crippen molar-refractivity contribution in [1.29, 1.82) is 0 Å². The third-order valence-electron chi connectivity index (χ3n) is 3.09. The summed E-state index contributed by atoms with van der Waals surface area (Å²) in [6, 6.07) is 8.02. The Morgan fingerprint density at radius 3 is 2.70 bits per heavy atom. The van der Waals surface area contributed by atoms with Crippen LogP contribution in [0, 0.1) is 0 Å². The van der Waals surface area contributed by atoms with Gasteiger partial charge < -0.3 is 10.4 Å². The van der Waals surface area contributed by atoms with Crippen LogP contribution in [0.3, 0.4) is 0 Å². The molecule has 0 aliphatic rings. The third kappa shape index (κ3) is 4.16. The summed E-state index contributed by atoms with van der Waals surface area (Å²) in [6.07, 6.45) is 2.60. The number of hydrogen-bond acceptors (Lipinski definition) is 6. The number of nitrogens with one attached hydrogen (secondary N) is 1. The highest BCUT2D eigenvalue weighted by Gasteiger charge is 2.16. The van der Waals surface area contributed by atoms with Crippen LogP contribution in [0.5, 0.6) is 0 Å². The van der Waals surface area contributed by atoms with E-state index in [0.29, 0.717) is 17.2 Å². The molecule has 122 valence electrons. The molecule has 2 heterocycles. The Balaban J connectivity index is 2.22. The maximum atomic E-state index is 11.7. The monoisotopic (exact) mass is 336 g/mol. The maximum absolute atomic E-state index is 11.7. The predicted octanol–water partition coefficient (Wildman–Crippen LogP) is 1.18. The van der Waals surface area contributed by atoms with Crippen LogP contribution in [0.1, 0.15) is 16.1 Å². The van der Waals surface area contributed by atoms with Crippen LogP contribution < -0.4 is 9.62 Å². The number of aromatic carboxylic acids is 1. The second-order valence-electron chi connectivity index (χ2n) is 4.78. The largest absolute Gasteiger partial charge is 0.477 e. The van der Waals surface area contributed by atoms with E-state index in [1.165, 1.54) is 19.3 Å². The van der Waals surface area contributed by atoms with Gasteiger partial charge in [0.25, 0.3) is 0 Å². The Morgan fingerprint density at radius 1 is 1.30 bits per heavy atom. The number of rotatable bonds is 6. The van der Waals surface area contributed by atoms with Gasteiger partial charge in [0.1, 0.15) is 11.6 Å². The molecule has 0 aromatic carbocycles. The number of carboxylic acids is 1. The molecular formula is C14H16N4O4S. The summed E-state index contributed by atoms with van der Waals surface area (Å²) >= 11 is 0. The maximum Gasteiger partial charge on any atom is 0.354 e. The van der Waals surface area contributed by atoms with E-state index in [-0.39, 0.29) is 12.2 Å². The lowest BCUT2D eigenvalue weighted by molar-refractivity contribution is 0.0690. The fourth-order valence-corrected chi connectivity index (χ4v) is 2.33. The summed E-state index contributed by atoms with van der Waals surface area (Å²) in [7, 11) is -2.01. The minimum absolute atomic E-state index is 0.0744. The van der Waals surface area contributed by atoms with Crippen molar-refractivity contribution in [1.82, 2.24) is 9.97 Å². The first kappa shape index (κ1) is 16.7. The number of nitrogens with zero attached hydrogens (tertiary/aromatic N) is 3. The second-order valence-corrected chi connectivity index (χ2v) is 6.80. The molecule has 8 nitrogen and oxygen atoms in total. The number of carbonyl (C=O) groups is 1. The van der Waals surface area contributed by atoms with Gasteiger partial charge in [-0.25, -0.2) is 23.2 Å². The predicted molar refractivity (Wildman–Crippen MR) is 86.0 cm³/mol. The molecule has 2 aromatic rings. The van der Waals surface area contributed by atoms with Crippen molar-refractivity contribution in [3.63, 3.8) is 0 Å². The van der Waals surface area contributed by atoms with Gasteiger partial charge in [-0.15, -0.1) is 0 Å². The average molecular weight is 336 g/mol. The Hall–Kier alpha value is -2.68. The number of pyridine rings is 2. The number of carboxylic acid groups (broad SMARTS) is 1. The van der Waals surface area contributed by atoms with Crippen LogP contribution in [-0.2, 0) is 16.6 Å². The lowest BCUT2D eigenvalue weighted by Gasteiger charge is -2.19. The van der Waals surface area contributed by atoms with E-state index in [2.05, 4.69) is 15.3 Å². The minimum Gasteiger partial charge on any atom is -0.477 e. The average Bonchev–Trinajstić information content (AvgIpc) is 2.52. The molecule has 9 heteroatoms. The minimum atomic E-state index is -3.43. The number of sulfonamides is 1. The highest BCUT2D eigenvalue weighted by atomic mass is 32.2. The van der Waals surface area contributed by atoms with E-state index in [1.807, 2.05) is 0 Å². The number of anilines is 2. The van der Waals surface area contributed by atoms with E-state index in [9.17, 15) is 13.2 Å². The Morgan fingerprint density at radius 2 is 2.04 bits per heavy atom. The summed E-state index contributed by atoms with van der Waals surface area (Å²) in [6.45, 7) is 0.249.